The average molecular weight is 933 g/mol. The molecular formula is C67H57BN2O2. The predicted molar refractivity (Wildman–Crippen MR) is 303 cm³/mol. The van der Waals surface area contributed by atoms with E-state index < -0.39 is 0 Å². The van der Waals surface area contributed by atoms with Crippen molar-refractivity contribution in [2.75, 3.05) is 4.81 Å². The van der Waals surface area contributed by atoms with E-state index in [-0.39, 0.29) is 28.5 Å². The third-order valence-corrected chi connectivity index (χ3v) is 17.9. The molecule has 2 aromatic heterocycles. The molecule has 72 heavy (non-hydrogen) atoms. The van der Waals surface area contributed by atoms with E-state index in [9.17, 15) is 0 Å². The van der Waals surface area contributed by atoms with Gasteiger partial charge in [0.15, 0.2) is 0 Å². The van der Waals surface area contributed by atoms with Crippen molar-refractivity contribution < 1.29 is 9.15 Å². The number of benzene rings is 8. The lowest BCUT2D eigenvalue weighted by molar-refractivity contribution is 0.332. The van der Waals surface area contributed by atoms with Gasteiger partial charge in [-0.05, 0) is 139 Å². The van der Waals surface area contributed by atoms with E-state index in [0.717, 1.165) is 69.0 Å². The van der Waals surface area contributed by atoms with Gasteiger partial charge in [-0.2, -0.15) is 0 Å². The fourth-order valence-electron chi connectivity index (χ4n) is 13.9. The number of hydrogen-bond donors (Lipinski definition) is 0. The number of nitrogens with zero attached hydrogens (tertiary/aromatic N) is 2. The average Bonchev–Trinajstić information content (AvgIpc) is 3.99. The van der Waals surface area contributed by atoms with Gasteiger partial charge in [0, 0.05) is 61.4 Å². The molecule has 0 amide bonds. The van der Waals surface area contributed by atoms with Gasteiger partial charge < -0.3 is 18.5 Å². The van der Waals surface area contributed by atoms with E-state index in [1.165, 1.54) is 93.9 Å². The Bertz CT molecular complexity index is 4150. The van der Waals surface area contributed by atoms with Gasteiger partial charge >= 0.3 is 6.85 Å². The zero-order chi connectivity index (χ0) is 49.1. The van der Waals surface area contributed by atoms with Gasteiger partial charge in [-0.1, -0.05) is 160 Å². The molecule has 2 aliphatic carbocycles. The molecular weight excluding hydrogens is 876 g/mol. The van der Waals surface area contributed by atoms with Crippen molar-refractivity contribution in [2.24, 2.45) is 0 Å². The van der Waals surface area contributed by atoms with E-state index in [4.69, 9.17) is 15.7 Å². The van der Waals surface area contributed by atoms with Crippen molar-refractivity contribution in [1.29, 1.82) is 0 Å². The number of aromatic nitrogens is 1. The molecule has 0 saturated carbocycles. The Hall–Kier alpha value is -7.50. The highest BCUT2D eigenvalue weighted by Crippen LogP contribution is 2.58. The summed E-state index contributed by atoms with van der Waals surface area (Å²) in [6.45, 7) is 26.0. The van der Waals surface area contributed by atoms with Crippen LogP contribution >= 0.6 is 0 Å². The van der Waals surface area contributed by atoms with Crippen molar-refractivity contribution in [3.63, 3.8) is 0 Å². The van der Waals surface area contributed by atoms with E-state index in [0.29, 0.717) is 0 Å². The second kappa shape index (κ2) is 13.7. The Morgan fingerprint density at radius 1 is 0.611 bits per heavy atom. The van der Waals surface area contributed by atoms with Gasteiger partial charge in [0.05, 0.1) is 16.4 Å². The summed E-state index contributed by atoms with van der Waals surface area (Å²) in [5, 5.41) is 4.75. The lowest BCUT2D eigenvalue weighted by Crippen LogP contribution is -2.60. The summed E-state index contributed by atoms with van der Waals surface area (Å²) in [4.78, 5) is 2.69. The lowest BCUT2D eigenvalue weighted by atomic mass is 9.43. The van der Waals surface area contributed by atoms with Crippen LogP contribution < -0.4 is 20.5 Å². The molecule has 0 atom stereocenters. The molecule has 0 bridgehead atoms. The minimum atomic E-state index is -0.233. The van der Waals surface area contributed by atoms with Gasteiger partial charge in [-0.15, -0.1) is 0 Å². The quantitative estimate of drug-likeness (QED) is 0.162. The first-order chi connectivity index (χ1) is 34.5. The van der Waals surface area contributed by atoms with E-state index in [1.54, 1.807) is 0 Å². The number of rotatable bonds is 2. The zero-order valence-electron chi connectivity index (χ0n) is 42.8. The van der Waals surface area contributed by atoms with Crippen molar-refractivity contribution in [1.82, 2.24) is 4.57 Å². The maximum absolute atomic E-state index is 7.39. The summed E-state index contributed by atoms with van der Waals surface area (Å²) in [7, 11) is 0. The molecule has 0 spiro atoms. The van der Waals surface area contributed by atoms with Gasteiger partial charge in [0.2, 0.25) is 0 Å². The van der Waals surface area contributed by atoms with Crippen LogP contribution in [-0.2, 0) is 21.7 Å². The molecule has 4 nitrogen and oxygen atoms in total. The number of furan rings is 1. The fourth-order valence-corrected chi connectivity index (χ4v) is 13.9. The Balaban J connectivity index is 1.15. The molecule has 350 valence electrons. The molecule has 5 heteroatoms. The number of hydrogen-bond acceptors (Lipinski definition) is 3. The van der Waals surface area contributed by atoms with Gasteiger partial charge in [-0.25, -0.2) is 0 Å². The number of allylic oxidation sites excluding steroid dienone is 2. The van der Waals surface area contributed by atoms with Crippen LogP contribution in [0.1, 0.15) is 114 Å². The second-order valence-corrected chi connectivity index (χ2v) is 24.4. The highest BCUT2D eigenvalue weighted by molar-refractivity contribution is 6.94. The number of para-hydroxylation sites is 1. The SMILES string of the molecule is C=C1C=C(c2ccccc2)Oc2cc3c(cc21)B1c2c(c4c5ccccc5oc4c4c5cc6c(cc5n-3c24)C(C)(C)CCC6(C)C)-c2cc3c(cc2N1c1ccc(C(C)(C)C)cc1)-c1ccccc1C3(C)C. The van der Waals surface area contributed by atoms with Crippen LogP contribution in [0.25, 0.3) is 83.0 Å². The number of fused-ring (bicyclic) bond motifs is 18. The summed E-state index contributed by atoms with van der Waals surface area (Å²) in [5.74, 6) is 1.62. The van der Waals surface area contributed by atoms with Crippen molar-refractivity contribution >= 4 is 84.2 Å². The summed E-state index contributed by atoms with van der Waals surface area (Å²) in [5.41, 5.74) is 25.1. The smallest absolute Gasteiger partial charge is 0.333 e. The van der Waals surface area contributed by atoms with Gasteiger partial charge in [-0.3, -0.25) is 0 Å². The van der Waals surface area contributed by atoms with Crippen LogP contribution in [0.2, 0.25) is 0 Å². The minimum absolute atomic E-state index is 0.00243. The lowest BCUT2D eigenvalue weighted by Gasteiger charge is -2.43. The summed E-state index contributed by atoms with van der Waals surface area (Å²) < 4.78 is 17.1. The highest BCUT2D eigenvalue weighted by Gasteiger charge is 2.49. The molecule has 3 aliphatic heterocycles. The van der Waals surface area contributed by atoms with Crippen LogP contribution in [0.15, 0.2) is 157 Å². The van der Waals surface area contributed by atoms with Crippen LogP contribution in [0.4, 0.5) is 11.4 Å². The molecule has 5 aliphatic rings. The van der Waals surface area contributed by atoms with Gasteiger partial charge in [0.1, 0.15) is 22.7 Å². The zero-order valence-corrected chi connectivity index (χ0v) is 42.8. The van der Waals surface area contributed by atoms with Crippen LogP contribution in [-0.4, -0.2) is 11.4 Å². The first-order valence-corrected chi connectivity index (χ1v) is 26.0. The van der Waals surface area contributed by atoms with Crippen LogP contribution in [0.3, 0.4) is 0 Å². The van der Waals surface area contributed by atoms with Crippen molar-refractivity contribution in [2.45, 2.75) is 96.8 Å². The Labute approximate surface area is 422 Å². The standard InChI is InChI=1S/C67H57BN2O2/c1-37-30-56(38-18-12-11-13-19-38)71-57-36-54-51(33-43(37)57)68-61-58(46-31-48-44(41-20-14-16-22-47(41)67(48,9)10)34-53(46)70(68)40-26-24-39(25-27-40)64(2,3)4)59-42-21-15-17-23-55(42)72-63(59)60-45-32-49-50(35-52(45)69(54)62(60)61)66(7,8)29-28-65(49,5)6/h11-27,30-36H,1,28-29H2,2-10H3. The molecule has 0 fully saturated rings. The van der Waals surface area contributed by atoms with Crippen molar-refractivity contribution in [3.05, 3.63) is 191 Å². The molecule has 5 heterocycles. The van der Waals surface area contributed by atoms with Crippen LogP contribution in [0.5, 0.6) is 5.75 Å². The topological polar surface area (TPSA) is 30.5 Å². The fraction of sp³-hybridized carbons (Fsp3) is 0.224. The van der Waals surface area contributed by atoms with E-state index in [2.05, 4.69) is 217 Å². The first kappa shape index (κ1) is 42.2. The monoisotopic (exact) mass is 932 g/mol. The molecule has 0 radical (unpaired) electrons. The molecule has 0 saturated heterocycles. The Kier molecular flexibility index (Phi) is 8.04. The molecule has 0 N–H and O–H groups in total. The number of anilines is 2. The summed E-state index contributed by atoms with van der Waals surface area (Å²) in [6.07, 6.45) is 4.38. The summed E-state index contributed by atoms with van der Waals surface area (Å²) >= 11 is 0. The number of ether oxygens (including phenoxy) is 1. The summed E-state index contributed by atoms with van der Waals surface area (Å²) in [6, 6.07) is 52.7. The first-order valence-electron chi connectivity index (χ1n) is 26.0. The maximum atomic E-state index is 7.39. The third kappa shape index (κ3) is 5.39. The largest absolute Gasteiger partial charge is 0.456 e. The predicted octanol–water partition coefficient (Wildman–Crippen LogP) is 16.3. The second-order valence-electron chi connectivity index (χ2n) is 24.4. The van der Waals surface area contributed by atoms with Gasteiger partial charge in [0.25, 0.3) is 0 Å². The normalized spacial score (nSPS) is 17.3. The molecule has 15 rings (SSSR count). The van der Waals surface area contributed by atoms with E-state index >= 15 is 0 Å². The molecule has 10 aromatic rings. The maximum Gasteiger partial charge on any atom is 0.333 e. The highest BCUT2D eigenvalue weighted by atomic mass is 16.5. The molecule has 0 unspecified atom stereocenters. The third-order valence-electron chi connectivity index (χ3n) is 17.9. The Morgan fingerprint density at radius 3 is 2.08 bits per heavy atom. The van der Waals surface area contributed by atoms with E-state index in [1.807, 2.05) is 0 Å². The Morgan fingerprint density at radius 2 is 1.32 bits per heavy atom. The molecule has 8 aromatic carbocycles. The van der Waals surface area contributed by atoms with Crippen molar-refractivity contribution in [3.8, 4) is 33.7 Å². The van der Waals surface area contributed by atoms with Crippen LogP contribution in [0, 0.1) is 0 Å². The minimum Gasteiger partial charge on any atom is -0.456 e.